The Labute approximate surface area is 126 Å². The Balaban J connectivity index is 2.61. The summed E-state index contributed by atoms with van der Waals surface area (Å²) < 4.78 is 41.0. The number of aromatic amines is 1. The van der Waals surface area contributed by atoms with E-state index in [0.717, 1.165) is 18.6 Å². The van der Waals surface area contributed by atoms with Crippen molar-refractivity contribution >= 4 is 28.1 Å². The summed E-state index contributed by atoms with van der Waals surface area (Å²) in [5, 5.41) is 6.66. The molecule has 0 amide bonds. The highest BCUT2D eigenvalue weighted by Crippen LogP contribution is 2.35. The minimum absolute atomic E-state index is 0.362. The van der Waals surface area contributed by atoms with Crippen LogP contribution in [0, 0.1) is 4.77 Å². The highest BCUT2D eigenvalue weighted by Gasteiger charge is 2.31. The van der Waals surface area contributed by atoms with Gasteiger partial charge >= 0.3 is 6.18 Å². The van der Waals surface area contributed by atoms with Gasteiger partial charge in [-0.3, -0.25) is 5.10 Å². The lowest BCUT2D eigenvalue weighted by molar-refractivity contribution is -0.137. The van der Waals surface area contributed by atoms with Crippen molar-refractivity contribution in [1.82, 2.24) is 14.8 Å². The molecule has 0 radical (unpaired) electrons. The molecule has 3 nitrogen and oxygen atoms in total. The molecule has 20 heavy (non-hydrogen) atoms. The maximum Gasteiger partial charge on any atom is 0.416 e. The number of nitrogens with zero attached hydrogens (tertiary/aromatic N) is 2. The number of rotatable bonds is 3. The number of hydrogen-bond donors (Lipinski definition) is 1. The third-order valence-corrected chi connectivity index (χ3v) is 3.74. The first kappa shape index (κ1) is 15.2. The van der Waals surface area contributed by atoms with E-state index in [2.05, 4.69) is 26.1 Å². The Morgan fingerprint density at radius 1 is 1.40 bits per heavy atom. The molecule has 0 atom stereocenters. The zero-order chi connectivity index (χ0) is 14.9. The van der Waals surface area contributed by atoms with E-state index in [4.69, 9.17) is 12.2 Å². The first-order valence-corrected chi connectivity index (χ1v) is 7.07. The van der Waals surface area contributed by atoms with Crippen LogP contribution < -0.4 is 0 Å². The highest BCUT2D eigenvalue weighted by atomic mass is 79.9. The van der Waals surface area contributed by atoms with Gasteiger partial charge in [-0.25, -0.2) is 0 Å². The molecule has 0 saturated carbocycles. The fraction of sp³-hybridized carbons (Fsp3) is 0.333. The predicted molar refractivity (Wildman–Crippen MR) is 75.8 cm³/mol. The summed E-state index contributed by atoms with van der Waals surface area (Å²) in [4.78, 5) is 0. The SMILES string of the molecule is CCCn1c(-c2cc(C(F)(F)F)ccc2Br)n[nH]c1=S. The zero-order valence-corrected chi connectivity index (χ0v) is 12.9. The molecule has 2 aromatic rings. The van der Waals surface area contributed by atoms with Crippen molar-refractivity contribution in [3.63, 3.8) is 0 Å². The average molecular weight is 366 g/mol. The smallest absolute Gasteiger partial charge is 0.300 e. The monoisotopic (exact) mass is 365 g/mol. The van der Waals surface area contributed by atoms with E-state index in [1.165, 1.54) is 6.07 Å². The summed E-state index contributed by atoms with van der Waals surface area (Å²) in [5.41, 5.74) is -0.353. The Kier molecular flexibility index (Phi) is 4.33. The fourth-order valence-corrected chi connectivity index (χ4v) is 2.47. The molecule has 108 valence electrons. The second kappa shape index (κ2) is 5.69. The van der Waals surface area contributed by atoms with Crippen LogP contribution in [0.3, 0.4) is 0 Å². The van der Waals surface area contributed by atoms with Crippen LogP contribution in [-0.4, -0.2) is 14.8 Å². The molecule has 1 aromatic carbocycles. The largest absolute Gasteiger partial charge is 0.416 e. The van der Waals surface area contributed by atoms with Crippen LogP contribution in [-0.2, 0) is 12.7 Å². The van der Waals surface area contributed by atoms with Gasteiger partial charge in [-0.05, 0) is 36.8 Å². The van der Waals surface area contributed by atoms with Crippen LogP contribution in [0.1, 0.15) is 18.9 Å². The lowest BCUT2D eigenvalue weighted by Crippen LogP contribution is -2.06. The van der Waals surface area contributed by atoms with Gasteiger partial charge in [0.25, 0.3) is 0 Å². The molecule has 1 aromatic heterocycles. The Bertz CT molecular complexity index is 675. The molecule has 0 aliphatic carbocycles. The van der Waals surface area contributed by atoms with Crippen molar-refractivity contribution in [2.75, 3.05) is 0 Å². The van der Waals surface area contributed by atoms with E-state index in [0.29, 0.717) is 27.2 Å². The second-order valence-corrected chi connectivity index (χ2v) is 5.44. The molecule has 0 spiro atoms. The number of halogens is 4. The molecule has 1 N–H and O–H groups in total. The molecule has 0 unspecified atom stereocenters. The van der Waals surface area contributed by atoms with E-state index in [1.807, 2.05) is 6.92 Å². The molecule has 0 bridgehead atoms. The van der Waals surface area contributed by atoms with Gasteiger partial charge in [0, 0.05) is 16.6 Å². The van der Waals surface area contributed by atoms with Gasteiger partial charge in [-0.1, -0.05) is 22.9 Å². The van der Waals surface area contributed by atoms with Crippen LogP contribution in [0.5, 0.6) is 0 Å². The number of hydrogen-bond acceptors (Lipinski definition) is 2. The topological polar surface area (TPSA) is 33.6 Å². The van der Waals surface area contributed by atoms with E-state index >= 15 is 0 Å². The minimum atomic E-state index is -4.39. The summed E-state index contributed by atoms with van der Waals surface area (Å²) in [6.45, 7) is 2.55. The third-order valence-electron chi connectivity index (χ3n) is 2.74. The van der Waals surface area contributed by atoms with Gasteiger partial charge in [0.2, 0.25) is 0 Å². The van der Waals surface area contributed by atoms with Crippen molar-refractivity contribution in [3.8, 4) is 11.4 Å². The Morgan fingerprint density at radius 3 is 2.70 bits per heavy atom. The lowest BCUT2D eigenvalue weighted by atomic mass is 10.1. The van der Waals surface area contributed by atoms with E-state index in [9.17, 15) is 13.2 Å². The van der Waals surface area contributed by atoms with Crippen molar-refractivity contribution in [3.05, 3.63) is 33.0 Å². The van der Waals surface area contributed by atoms with Gasteiger partial charge in [0.15, 0.2) is 10.6 Å². The number of H-pyrrole nitrogens is 1. The number of alkyl halides is 3. The van der Waals surface area contributed by atoms with Gasteiger partial charge in [-0.2, -0.15) is 18.3 Å². The van der Waals surface area contributed by atoms with E-state index in [-0.39, 0.29) is 0 Å². The highest BCUT2D eigenvalue weighted by molar-refractivity contribution is 9.10. The summed E-state index contributed by atoms with van der Waals surface area (Å²) in [6, 6.07) is 3.46. The van der Waals surface area contributed by atoms with Crippen LogP contribution in [0.25, 0.3) is 11.4 Å². The third kappa shape index (κ3) is 2.95. The summed E-state index contributed by atoms with van der Waals surface area (Å²) in [6.07, 6.45) is -3.59. The second-order valence-electron chi connectivity index (χ2n) is 4.20. The molecule has 2 rings (SSSR count). The standard InChI is InChI=1S/C12H11BrF3N3S/c1-2-5-19-10(17-18-11(19)20)8-6-7(12(14,15)16)3-4-9(8)13/h3-4,6H,2,5H2,1H3,(H,18,20). The molecule has 0 aliphatic heterocycles. The summed E-state index contributed by atoms with van der Waals surface area (Å²) in [5.74, 6) is 0.398. The molecular formula is C12H11BrF3N3S. The number of nitrogens with one attached hydrogen (secondary N) is 1. The van der Waals surface area contributed by atoms with Gasteiger partial charge in [-0.15, -0.1) is 0 Å². The van der Waals surface area contributed by atoms with E-state index in [1.54, 1.807) is 4.57 Å². The first-order chi connectivity index (χ1) is 9.34. The van der Waals surface area contributed by atoms with Crippen LogP contribution in [0.15, 0.2) is 22.7 Å². The fourth-order valence-electron chi connectivity index (χ4n) is 1.83. The molecule has 8 heteroatoms. The molecule has 0 saturated heterocycles. The average Bonchev–Trinajstić information content (AvgIpc) is 2.71. The minimum Gasteiger partial charge on any atom is -0.300 e. The van der Waals surface area contributed by atoms with Crippen LogP contribution in [0.2, 0.25) is 0 Å². The van der Waals surface area contributed by atoms with Crippen molar-refractivity contribution in [1.29, 1.82) is 0 Å². The van der Waals surface area contributed by atoms with Crippen LogP contribution in [0.4, 0.5) is 13.2 Å². The lowest BCUT2D eigenvalue weighted by Gasteiger charge is -2.11. The molecule has 1 heterocycles. The Hall–Kier alpha value is -1.15. The van der Waals surface area contributed by atoms with Crippen molar-refractivity contribution < 1.29 is 13.2 Å². The summed E-state index contributed by atoms with van der Waals surface area (Å²) >= 11 is 8.36. The van der Waals surface area contributed by atoms with Gasteiger partial charge < -0.3 is 4.57 Å². The number of aromatic nitrogens is 3. The Morgan fingerprint density at radius 2 is 2.10 bits per heavy atom. The summed E-state index contributed by atoms with van der Waals surface area (Å²) in [7, 11) is 0. The zero-order valence-electron chi connectivity index (χ0n) is 10.5. The van der Waals surface area contributed by atoms with Crippen LogP contribution >= 0.6 is 28.1 Å². The maximum absolute atomic E-state index is 12.8. The normalized spacial score (nSPS) is 11.8. The quantitative estimate of drug-likeness (QED) is 0.792. The molecular weight excluding hydrogens is 355 g/mol. The number of benzene rings is 1. The predicted octanol–water partition coefficient (Wildman–Crippen LogP) is 4.80. The first-order valence-electron chi connectivity index (χ1n) is 5.87. The van der Waals surface area contributed by atoms with Crippen molar-refractivity contribution in [2.24, 2.45) is 0 Å². The van der Waals surface area contributed by atoms with Gasteiger partial charge in [0.05, 0.1) is 5.56 Å². The van der Waals surface area contributed by atoms with E-state index < -0.39 is 11.7 Å². The maximum atomic E-state index is 12.8. The van der Waals surface area contributed by atoms with Crippen molar-refractivity contribution in [2.45, 2.75) is 26.1 Å². The van der Waals surface area contributed by atoms with Gasteiger partial charge in [0.1, 0.15) is 0 Å². The molecule has 0 aliphatic rings. The molecule has 0 fully saturated rings.